The van der Waals surface area contributed by atoms with Gasteiger partial charge in [-0.1, -0.05) is 27.7 Å². The summed E-state index contributed by atoms with van der Waals surface area (Å²) < 4.78 is 2.38. The molecule has 0 aliphatic heterocycles. The summed E-state index contributed by atoms with van der Waals surface area (Å²) >= 11 is 0. The summed E-state index contributed by atoms with van der Waals surface area (Å²) in [6, 6.07) is 0.618. The third-order valence-electron chi connectivity index (χ3n) is 5.14. The van der Waals surface area contributed by atoms with Gasteiger partial charge in [0.05, 0.1) is 11.7 Å². The van der Waals surface area contributed by atoms with Crippen molar-refractivity contribution < 1.29 is 0 Å². The molecule has 0 bridgehead atoms. The first-order chi connectivity index (χ1) is 9.62. The van der Waals surface area contributed by atoms with E-state index >= 15 is 0 Å². The minimum Gasteiger partial charge on any atom is -0.316 e. The SMILES string of the molecule is CCc1nn(C2CCC(C)C(C)C2)c(CC)c1CNC. The largest absolute Gasteiger partial charge is 0.316 e. The van der Waals surface area contributed by atoms with E-state index in [1.165, 1.54) is 36.2 Å². The molecular formula is C17H31N3. The highest BCUT2D eigenvalue weighted by molar-refractivity contribution is 5.27. The summed E-state index contributed by atoms with van der Waals surface area (Å²) in [7, 11) is 2.03. The van der Waals surface area contributed by atoms with Crippen LogP contribution in [0.25, 0.3) is 0 Å². The number of nitrogens with zero attached hydrogens (tertiary/aromatic N) is 2. The maximum atomic E-state index is 4.98. The number of aromatic nitrogens is 2. The molecule has 1 heterocycles. The van der Waals surface area contributed by atoms with Gasteiger partial charge < -0.3 is 5.32 Å². The van der Waals surface area contributed by atoms with Crippen LogP contribution < -0.4 is 5.32 Å². The van der Waals surface area contributed by atoms with E-state index in [-0.39, 0.29) is 0 Å². The van der Waals surface area contributed by atoms with E-state index in [0.717, 1.165) is 31.2 Å². The first-order valence-electron chi connectivity index (χ1n) is 8.35. The molecule has 114 valence electrons. The quantitative estimate of drug-likeness (QED) is 0.889. The summed E-state index contributed by atoms with van der Waals surface area (Å²) in [4.78, 5) is 0. The molecule has 0 aromatic carbocycles. The molecule has 0 radical (unpaired) electrons. The fourth-order valence-electron chi connectivity index (χ4n) is 3.64. The van der Waals surface area contributed by atoms with Gasteiger partial charge >= 0.3 is 0 Å². The van der Waals surface area contributed by atoms with Crippen molar-refractivity contribution in [3.63, 3.8) is 0 Å². The predicted octanol–water partition coefficient (Wildman–Crippen LogP) is 3.72. The van der Waals surface area contributed by atoms with Gasteiger partial charge in [0, 0.05) is 17.8 Å². The molecule has 1 fully saturated rings. The molecule has 1 N–H and O–H groups in total. The second-order valence-electron chi connectivity index (χ2n) is 6.48. The summed E-state index contributed by atoms with van der Waals surface area (Å²) in [6.07, 6.45) is 6.05. The minimum absolute atomic E-state index is 0.618. The van der Waals surface area contributed by atoms with Gasteiger partial charge in [-0.15, -0.1) is 0 Å². The van der Waals surface area contributed by atoms with Crippen LogP contribution in [0.1, 0.15) is 70.0 Å². The normalized spacial score (nSPS) is 26.9. The van der Waals surface area contributed by atoms with Crippen LogP contribution in [0.5, 0.6) is 0 Å². The highest BCUT2D eigenvalue weighted by atomic mass is 15.3. The van der Waals surface area contributed by atoms with Gasteiger partial charge in [0.1, 0.15) is 0 Å². The first-order valence-corrected chi connectivity index (χ1v) is 8.35. The van der Waals surface area contributed by atoms with Crippen molar-refractivity contribution in [1.82, 2.24) is 15.1 Å². The van der Waals surface area contributed by atoms with Crippen molar-refractivity contribution in [1.29, 1.82) is 0 Å². The predicted molar refractivity (Wildman–Crippen MR) is 85.0 cm³/mol. The van der Waals surface area contributed by atoms with Gasteiger partial charge in [-0.3, -0.25) is 4.68 Å². The lowest BCUT2D eigenvalue weighted by molar-refractivity contribution is 0.198. The lowest BCUT2D eigenvalue weighted by atomic mass is 9.79. The zero-order chi connectivity index (χ0) is 14.7. The first kappa shape index (κ1) is 15.6. The zero-order valence-electron chi connectivity index (χ0n) is 13.9. The van der Waals surface area contributed by atoms with Gasteiger partial charge in [0.15, 0.2) is 0 Å². The van der Waals surface area contributed by atoms with Crippen LogP contribution in [0.2, 0.25) is 0 Å². The molecule has 1 aromatic rings. The summed E-state index contributed by atoms with van der Waals surface area (Å²) in [5.41, 5.74) is 4.20. The second kappa shape index (κ2) is 6.75. The van der Waals surface area contributed by atoms with Crippen molar-refractivity contribution in [3.8, 4) is 0 Å². The molecule has 0 spiro atoms. The highest BCUT2D eigenvalue weighted by Gasteiger charge is 2.28. The van der Waals surface area contributed by atoms with Crippen LogP contribution in [0.3, 0.4) is 0 Å². The number of rotatable bonds is 5. The standard InChI is InChI=1S/C17H31N3/c1-6-16-15(11-18-5)17(7-2)20(19-16)14-9-8-12(3)13(4)10-14/h12-14,18H,6-11H2,1-5H3. The number of hydrogen-bond donors (Lipinski definition) is 1. The van der Waals surface area contributed by atoms with Crippen LogP contribution >= 0.6 is 0 Å². The van der Waals surface area contributed by atoms with Crippen LogP contribution in [0.4, 0.5) is 0 Å². The summed E-state index contributed by atoms with van der Waals surface area (Å²) in [6.45, 7) is 10.2. The Balaban J connectivity index is 2.31. The molecule has 1 aliphatic carbocycles. The monoisotopic (exact) mass is 277 g/mol. The summed E-state index contributed by atoms with van der Waals surface area (Å²) in [5, 5.41) is 8.29. The molecule has 3 nitrogen and oxygen atoms in total. The smallest absolute Gasteiger partial charge is 0.0669 e. The number of aryl methyl sites for hydroxylation is 1. The van der Waals surface area contributed by atoms with E-state index in [1.54, 1.807) is 0 Å². The van der Waals surface area contributed by atoms with Gasteiger partial charge in [-0.2, -0.15) is 5.10 Å². The van der Waals surface area contributed by atoms with Gasteiger partial charge in [0.2, 0.25) is 0 Å². The Bertz CT molecular complexity index is 436. The molecule has 0 saturated heterocycles. The molecule has 2 rings (SSSR count). The third kappa shape index (κ3) is 2.93. The molecule has 3 heteroatoms. The molecule has 1 aliphatic rings. The van der Waals surface area contributed by atoms with Gasteiger partial charge in [0.25, 0.3) is 0 Å². The van der Waals surface area contributed by atoms with Crippen molar-refractivity contribution >= 4 is 0 Å². The molecule has 3 unspecified atom stereocenters. The Kier molecular flexibility index (Phi) is 5.25. The van der Waals surface area contributed by atoms with E-state index < -0.39 is 0 Å². The van der Waals surface area contributed by atoms with Crippen molar-refractivity contribution in [2.75, 3.05) is 7.05 Å². The lowest BCUT2D eigenvalue weighted by Crippen LogP contribution is -2.25. The van der Waals surface area contributed by atoms with E-state index in [4.69, 9.17) is 5.10 Å². The van der Waals surface area contributed by atoms with Crippen molar-refractivity contribution in [2.24, 2.45) is 11.8 Å². The molecule has 1 saturated carbocycles. The van der Waals surface area contributed by atoms with E-state index in [0.29, 0.717) is 6.04 Å². The topological polar surface area (TPSA) is 29.9 Å². The number of nitrogens with one attached hydrogen (secondary N) is 1. The Morgan fingerprint density at radius 1 is 1.15 bits per heavy atom. The fraction of sp³-hybridized carbons (Fsp3) is 0.824. The summed E-state index contributed by atoms with van der Waals surface area (Å²) in [5.74, 6) is 1.69. The van der Waals surface area contributed by atoms with Crippen LogP contribution in [0, 0.1) is 11.8 Å². The Morgan fingerprint density at radius 2 is 1.90 bits per heavy atom. The van der Waals surface area contributed by atoms with Crippen molar-refractivity contribution in [2.45, 2.75) is 72.4 Å². The maximum Gasteiger partial charge on any atom is 0.0669 e. The molecule has 0 amide bonds. The Morgan fingerprint density at radius 3 is 2.45 bits per heavy atom. The van der Waals surface area contributed by atoms with Crippen molar-refractivity contribution in [3.05, 3.63) is 17.0 Å². The molecular weight excluding hydrogens is 246 g/mol. The third-order valence-corrected chi connectivity index (χ3v) is 5.14. The second-order valence-corrected chi connectivity index (χ2v) is 6.48. The van der Waals surface area contributed by atoms with E-state index in [9.17, 15) is 0 Å². The van der Waals surface area contributed by atoms with E-state index in [1.807, 2.05) is 7.05 Å². The van der Waals surface area contributed by atoms with Crippen LogP contribution in [-0.2, 0) is 19.4 Å². The lowest BCUT2D eigenvalue weighted by Gasteiger charge is -2.33. The average Bonchev–Trinajstić information content (AvgIpc) is 2.80. The fourth-order valence-corrected chi connectivity index (χ4v) is 3.64. The van der Waals surface area contributed by atoms with Crippen LogP contribution in [-0.4, -0.2) is 16.8 Å². The maximum absolute atomic E-state index is 4.98. The van der Waals surface area contributed by atoms with Gasteiger partial charge in [-0.25, -0.2) is 0 Å². The molecule has 3 atom stereocenters. The Hall–Kier alpha value is -0.830. The molecule has 1 aromatic heterocycles. The highest BCUT2D eigenvalue weighted by Crippen LogP contribution is 2.37. The van der Waals surface area contributed by atoms with E-state index in [2.05, 4.69) is 37.7 Å². The minimum atomic E-state index is 0.618. The Labute approximate surface area is 124 Å². The number of hydrogen-bond acceptors (Lipinski definition) is 2. The molecule has 20 heavy (non-hydrogen) atoms. The van der Waals surface area contributed by atoms with Gasteiger partial charge in [-0.05, 0) is 51.0 Å². The average molecular weight is 277 g/mol. The zero-order valence-corrected chi connectivity index (χ0v) is 13.9. The van der Waals surface area contributed by atoms with Crippen LogP contribution in [0.15, 0.2) is 0 Å².